The fourth-order valence-corrected chi connectivity index (χ4v) is 2.04. The third kappa shape index (κ3) is 2.34. The van der Waals surface area contributed by atoms with Gasteiger partial charge in [-0.05, 0) is 19.2 Å². The highest BCUT2D eigenvalue weighted by molar-refractivity contribution is 5.79. The smallest absolute Gasteiger partial charge is 0.349 e. The standard InChI is InChI=1S/C12H15NO4/c1-13-6-5-12(8-13,11(15)16)17-10-4-2-3-9(14)7-10/h2-4,7,14H,5-6,8H2,1H3,(H,15,16). The van der Waals surface area contributed by atoms with Gasteiger partial charge in [0.15, 0.2) is 0 Å². The van der Waals surface area contributed by atoms with Gasteiger partial charge in [0.2, 0.25) is 5.60 Å². The predicted octanol–water partition coefficient (Wildman–Crippen LogP) is 0.930. The molecule has 1 aliphatic rings. The van der Waals surface area contributed by atoms with Crippen LogP contribution < -0.4 is 4.74 Å². The van der Waals surface area contributed by atoms with E-state index in [9.17, 15) is 15.0 Å². The number of rotatable bonds is 3. The third-order valence-electron chi connectivity index (χ3n) is 2.94. The predicted molar refractivity (Wildman–Crippen MR) is 61.2 cm³/mol. The van der Waals surface area contributed by atoms with Crippen molar-refractivity contribution in [1.82, 2.24) is 4.90 Å². The molecule has 0 saturated carbocycles. The normalized spacial score (nSPS) is 24.8. The summed E-state index contributed by atoms with van der Waals surface area (Å²) in [4.78, 5) is 13.3. The largest absolute Gasteiger partial charge is 0.508 e. The molecule has 5 heteroatoms. The van der Waals surface area contributed by atoms with Crippen molar-refractivity contribution in [3.8, 4) is 11.5 Å². The number of phenolic OH excluding ortho intramolecular Hbond substituents is 1. The van der Waals surface area contributed by atoms with Crippen LogP contribution in [-0.2, 0) is 4.79 Å². The number of nitrogens with zero attached hydrogens (tertiary/aromatic N) is 1. The average molecular weight is 237 g/mol. The number of phenols is 1. The molecule has 2 rings (SSSR count). The average Bonchev–Trinajstić information content (AvgIpc) is 2.61. The molecule has 2 N–H and O–H groups in total. The summed E-state index contributed by atoms with van der Waals surface area (Å²) in [5, 5.41) is 18.6. The molecule has 92 valence electrons. The SMILES string of the molecule is CN1CCC(Oc2cccc(O)c2)(C(=O)O)C1. The van der Waals surface area contributed by atoms with E-state index in [1.807, 2.05) is 11.9 Å². The maximum Gasteiger partial charge on any atom is 0.349 e. The second-order valence-corrected chi connectivity index (χ2v) is 4.39. The Morgan fingerprint density at radius 1 is 1.53 bits per heavy atom. The summed E-state index contributed by atoms with van der Waals surface area (Å²) in [5.41, 5.74) is -1.21. The molecule has 0 spiro atoms. The Balaban J connectivity index is 2.22. The molecule has 1 atom stereocenters. The summed E-state index contributed by atoms with van der Waals surface area (Å²) in [6.07, 6.45) is 0.439. The van der Waals surface area contributed by atoms with Crippen molar-refractivity contribution in [3.05, 3.63) is 24.3 Å². The van der Waals surface area contributed by atoms with Gasteiger partial charge in [-0.3, -0.25) is 0 Å². The van der Waals surface area contributed by atoms with Crippen LogP contribution in [0.5, 0.6) is 11.5 Å². The lowest BCUT2D eigenvalue weighted by atomic mass is 10.0. The molecular formula is C12H15NO4. The number of ether oxygens (including phenoxy) is 1. The van der Waals surface area contributed by atoms with Gasteiger partial charge in [-0.2, -0.15) is 0 Å². The van der Waals surface area contributed by atoms with Crippen molar-refractivity contribution < 1.29 is 19.7 Å². The van der Waals surface area contributed by atoms with Crippen LogP contribution in [0.25, 0.3) is 0 Å². The maximum absolute atomic E-state index is 11.3. The molecule has 1 heterocycles. The van der Waals surface area contributed by atoms with Crippen molar-refractivity contribution in [1.29, 1.82) is 0 Å². The number of carbonyl (C=O) groups is 1. The minimum absolute atomic E-state index is 0.0643. The van der Waals surface area contributed by atoms with E-state index < -0.39 is 11.6 Å². The molecule has 1 unspecified atom stereocenters. The maximum atomic E-state index is 11.3. The molecule has 0 aromatic heterocycles. The van der Waals surface area contributed by atoms with Gasteiger partial charge in [-0.15, -0.1) is 0 Å². The molecule has 0 bridgehead atoms. The number of aromatic hydroxyl groups is 1. The lowest BCUT2D eigenvalue weighted by molar-refractivity contribution is -0.154. The highest BCUT2D eigenvalue weighted by atomic mass is 16.5. The third-order valence-corrected chi connectivity index (χ3v) is 2.94. The summed E-state index contributed by atoms with van der Waals surface area (Å²) in [6.45, 7) is 1.03. The van der Waals surface area contributed by atoms with Gasteiger partial charge in [-0.1, -0.05) is 6.07 Å². The van der Waals surface area contributed by atoms with Crippen LogP contribution in [0.4, 0.5) is 0 Å². The van der Waals surface area contributed by atoms with Gasteiger partial charge < -0.3 is 19.8 Å². The zero-order valence-corrected chi connectivity index (χ0v) is 9.59. The fraction of sp³-hybridized carbons (Fsp3) is 0.417. The van der Waals surface area contributed by atoms with Gasteiger partial charge in [0, 0.05) is 25.6 Å². The second-order valence-electron chi connectivity index (χ2n) is 4.39. The molecule has 0 radical (unpaired) electrons. The first kappa shape index (κ1) is 11.7. The van der Waals surface area contributed by atoms with Crippen LogP contribution in [0, 0.1) is 0 Å². The van der Waals surface area contributed by atoms with E-state index in [1.165, 1.54) is 12.1 Å². The van der Waals surface area contributed by atoms with Gasteiger partial charge in [0.1, 0.15) is 11.5 Å². The number of likely N-dealkylation sites (N-methyl/N-ethyl adjacent to an activating group) is 1. The molecule has 1 aromatic rings. The summed E-state index contributed by atoms with van der Waals surface area (Å²) >= 11 is 0. The summed E-state index contributed by atoms with van der Waals surface area (Å²) < 4.78 is 5.57. The van der Waals surface area contributed by atoms with Crippen LogP contribution in [-0.4, -0.2) is 46.8 Å². The van der Waals surface area contributed by atoms with Gasteiger partial charge in [0.05, 0.1) is 0 Å². The number of benzene rings is 1. The number of likely N-dealkylation sites (tertiary alicyclic amines) is 1. The quantitative estimate of drug-likeness (QED) is 0.818. The number of aliphatic carboxylic acids is 1. The monoisotopic (exact) mass is 237 g/mol. The Kier molecular flexibility index (Phi) is 2.93. The van der Waals surface area contributed by atoms with E-state index in [2.05, 4.69) is 0 Å². The molecular weight excluding hydrogens is 222 g/mol. The summed E-state index contributed by atoms with van der Waals surface area (Å²) in [6, 6.07) is 6.20. The lowest BCUT2D eigenvalue weighted by Crippen LogP contribution is -2.46. The van der Waals surface area contributed by atoms with Crippen molar-refractivity contribution >= 4 is 5.97 Å². The van der Waals surface area contributed by atoms with E-state index in [0.717, 1.165) is 0 Å². The molecule has 1 aliphatic heterocycles. The molecule has 5 nitrogen and oxygen atoms in total. The van der Waals surface area contributed by atoms with Crippen molar-refractivity contribution in [2.24, 2.45) is 0 Å². The molecule has 1 saturated heterocycles. The zero-order chi connectivity index (χ0) is 12.5. The van der Waals surface area contributed by atoms with E-state index in [4.69, 9.17) is 4.74 Å². The van der Waals surface area contributed by atoms with Crippen molar-refractivity contribution in [2.45, 2.75) is 12.0 Å². The first-order valence-corrected chi connectivity index (χ1v) is 5.42. The number of carboxylic acids is 1. The van der Waals surface area contributed by atoms with Crippen LogP contribution in [0.3, 0.4) is 0 Å². The van der Waals surface area contributed by atoms with E-state index in [1.54, 1.807) is 12.1 Å². The van der Waals surface area contributed by atoms with Gasteiger partial charge in [-0.25, -0.2) is 4.79 Å². The second kappa shape index (κ2) is 4.25. The zero-order valence-electron chi connectivity index (χ0n) is 9.59. The number of hydrogen-bond acceptors (Lipinski definition) is 4. The Morgan fingerprint density at radius 2 is 2.29 bits per heavy atom. The van der Waals surface area contributed by atoms with E-state index in [0.29, 0.717) is 25.3 Å². The Hall–Kier alpha value is -1.75. The van der Waals surface area contributed by atoms with Crippen LogP contribution >= 0.6 is 0 Å². The highest BCUT2D eigenvalue weighted by Gasteiger charge is 2.46. The number of carboxylic acid groups (broad SMARTS) is 1. The summed E-state index contributed by atoms with van der Waals surface area (Å²) in [5.74, 6) is -0.526. The van der Waals surface area contributed by atoms with E-state index >= 15 is 0 Å². The molecule has 1 fully saturated rings. The van der Waals surface area contributed by atoms with Crippen LogP contribution in [0.2, 0.25) is 0 Å². The highest BCUT2D eigenvalue weighted by Crippen LogP contribution is 2.29. The first-order chi connectivity index (χ1) is 8.02. The van der Waals surface area contributed by atoms with Crippen molar-refractivity contribution in [3.63, 3.8) is 0 Å². The number of hydrogen-bond donors (Lipinski definition) is 2. The van der Waals surface area contributed by atoms with Crippen molar-refractivity contribution in [2.75, 3.05) is 20.1 Å². The van der Waals surface area contributed by atoms with Crippen LogP contribution in [0.15, 0.2) is 24.3 Å². The Bertz CT molecular complexity index is 434. The first-order valence-electron chi connectivity index (χ1n) is 5.42. The minimum Gasteiger partial charge on any atom is -0.508 e. The molecule has 1 aromatic carbocycles. The molecule has 17 heavy (non-hydrogen) atoms. The Labute approximate surface area is 99.2 Å². The van der Waals surface area contributed by atoms with Crippen LogP contribution in [0.1, 0.15) is 6.42 Å². The van der Waals surface area contributed by atoms with Gasteiger partial charge >= 0.3 is 5.97 Å². The van der Waals surface area contributed by atoms with Gasteiger partial charge in [0.25, 0.3) is 0 Å². The fourth-order valence-electron chi connectivity index (χ4n) is 2.04. The Morgan fingerprint density at radius 3 is 2.82 bits per heavy atom. The summed E-state index contributed by atoms with van der Waals surface area (Å²) in [7, 11) is 1.86. The lowest BCUT2D eigenvalue weighted by Gasteiger charge is -2.25. The van der Waals surface area contributed by atoms with E-state index in [-0.39, 0.29) is 5.75 Å². The molecule has 0 amide bonds. The molecule has 0 aliphatic carbocycles. The minimum atomic E-state index is -1.21. The topological polar surface area (TPSA) is 70.0 Å².